The van der Waals surface area contributed by atoms with Gasteiger partial charge in [0, 0.05) is 36.3 Å². The minimum Gasteiger partial charge on any atom is -0.496 e. The molecule has 1 fully saturated rings. The minimum absolute atomic E-state index is 0.292. The molecule has 4 aromatic rings. The van der Waals surface area contributed by atoms with Crippen molar-refractivity contribution in [2.24, 2.45) is 0 Å². The number of aryl methyl sites for hydroxylation is 1. The predicted octanol–water partition coefficient (Wildman–Crippen LogP) is 4.37. The van der Waals surface area contributed by atoms with Crippen LogP contribution in [0.3, 0.4) is 0 Å². The van der Waals surface area contributed by atoms with Gasteiger partial charge in [0.05, 0.1) is 34.7 Å². The lowest BCUT2D eigenvalue weighted by Gasteiger charge is -2.11. The Kier molecular flexibility index (Phi) is 6.61. The molecular weight excluding hydrogens is 487 g/mol. The molecule has 12 heteroatoms. The summed E-state index contributed by atoms with van der Waals surface area (Å²) in [4.78, 5) is 26.6. The molecule has 3 N–H and O–H groups in total. The van der Waals surface area contributed by atoms with E-state index in [1.54, 1.807) is 13.2 Å². The molecule has 1 saturated heterocycles. The lowest BCUT2D eigenvalue weighted by atomic mass is 10.2. The summed E-state index contributed by atoms with van der Waals surface area (Å²) in [7, 11) is 1.58. The van der Waals surface area contributed by atoms with E-state index in [9.17, 15) is 9.18 Å². The van der Waals surface area contributed by atoms with E-state index in [-0.39, 0.29) is 5.82 Å². The number of fused-ring (bicyclic) bond motifs is 1. The molecule has 0 radical (unpaired) electrons. The third kappa shape index (κ3) is 4.52. The maximum Gasteiger partial charge on any atom is 0.427 e. The monoisotopic (exact) mass is 512 g/mol. The zero-order valence-electron chi connectivity index (χ0n) is 19.9. The van der Waals surface area contributed by atoms with Gasteiger partial charge in [-0.3, -0.25) is 5.32 Å². The molecule has 1 aliphatic rings. The van der Waals surface area contributed by atoms with E-state index in [2.05, 4.69) is 26.1 Å². The standard InChI is InChI=1S/C24H25FN6O4S/c1-4-34-18-11-19(36-22(18)23-29-24(32)35-30-23)16-10-20(28-12-27-16)26-7-8-31-13(2)9-14-17(33-3)6-5-15(25)21(14)31/h5-6,9-12,23,30H,4,7-8H2,1-3H3,(H,29,32)(H,26,27,28). The number of hydrogen-bond acceptors (Lipinski definition) is 9. The lowest BCUT2D eigenvalue weighted by Crippen LogP contribution is -2.21. The van der Waals surface area contributed by atoms with E-state index in [1.165, 1.54) is 23.7 Å². The number of anilines is 1. The highest BCUT2D eigenvalue weighted by molar-refractivity contribution is 7.15. The number of nitrogens with one attached hydrogen (secondary N) is 3. The van der Waals surface area contributed by atoms with Crippen LogP contribution in [0.15, 0.2) is 36.7 Å². The van der Waals surface area contributed by atoms with Gasteiger partial charge >= 0.3 is 6.09 Å². The summed E-state index contributed by atoms with van der Waals surface area (Å²) in [5.41, 5.74) is 4.81. The molecule has 1 atom stereocenters. The molecule has 4 heterocycles. The molecule has 0 bridgehead atoms. The molecule has 0 saturated carbocycles. The summed E-state index contributed by atoms with van der Waals surface area (Å²) in [5.74, 6) is 1.62. The van der Waals surface area contributed by atoms with Crippen molar-refractivity contribution in [2.75, 3.05) is 25.6 Å². The Hall–Kier alpha value is -3.90. The zero-order chi connectivity index (χ0) is 25.2. The van der Waals surface area contributed by atoms with Gasteiger partial charge in [0.1, 0.15) is 29.5 Å². The average Bonchev–Trinajstić information content (AvgIpc) is 3.57. The van der Waals surface area contributed by atoms with Crippen LogP contribution in [-0.4, -0.2) is 40.9 Å². The van der Waals surface area contributed by atoms with E-state index >= 15 is 0 Å². The normalized spacial score (nSPS) is 15.1. The number of methoxy groups -OCH3 is 1. The average molecular weight is 513 g/mol. The van der Waals surface area contributed by atoms with E-state index in [4.69, 9.17) is 14.3 Å². The van der Waals surface area contributed by atoms with Gasteiger partial charge in [-0.25, -0.2) is 19.2 Å². The van der Waals surface area contributed by atoms with Crippen molar-refractivity contribution in [3.8, 4) is 22.1 Å². The molecule has 5 rings (SSSR count). The van der Waals surface area contributed by atoms with Gasteiger partial charge < -0.3 is 24.2 Å². The smallest absolute Gasteiger partial charge is 0.427 e. The molecule has 10 nitrogen and oxygen atoms in total. The number of nitrogens with zero attached hydrogens (tertiary/aromatic N) is 3. The van der Waals surface area contributed by atoms with E-state index in [1.807, 2.05) is 36.6 Å². The van der Waals surface area contributed by atoms with Crippen LogP contribution in [0, 0.1) is 12.7 Å². The number of hydroxylamine groups is 1. The number of aromatic nitrogens is 3. The highest BCUT2D eigenvalue weighted by Gasteiger charge is 2.29. The summed E-state index contributed by atoms with van der Waals surface area (Å²) in [5, 5.41) is 6.74. The van der Waals surface area contributed by atoms with Crippen LogP contribution in [0.1, 0.15) is 23.7 Å². The Morgan fingerprint density at radius 3 is 2.86 bits per heavy atom. The van der Waals surface area contributed by atoms with Gasteiger partial charge in [-0.15, -0.1) is 16.8 Å². The van der Waals surface area contributed by atoms with Crippen molar-refractivity contribution in [2.45, 2.75) is 26.6 Å². The molecule has 3 aromatic heterocycles. The van der Waals surface area contributed by atoms with Gasteiger partial charge in [0.25, 0.3) is 0 Å². The molecule has 36 heavy (non-hydrogen) atoms. The second-order valence-electron chi connectivity index (χ2n) is 8.02. The van der Waals surface area contributed by atoms with Gasteiger partial charge in [-0.2, -0.15) is 0 Å². The van der Waals surface area contributed by atoms with Crippen molar-refractivity contribution in [3.05, 3.63) is 53.0 Å². The first kappa shape index (κ1) is 23.8. The highest BCUT2D eigenvalue weighted by atomic mass is 32.1. The van der Waals surface area contributed by atoms with Crippen molar-refractivity contribution in [3.63, 3.8) is 0 Å². The molecule has 1 aromatic carbocycles. The number of ether oxygens (including phenoxy) is 2. The second-order valence-corrected chi connectivity index (χ2v) is 9.11. The van der Waals surface area contributed by atoms with Gasteiger partial charge in [-0.1, -0.05) is 0 Å². The Morgan fingerprint density at radius 2 is 2.11 bits per heavy atom. The molecule has 1 unspecified atom stereocenters. The summed E-state index contributed by atoms with van der Waals surface area (Å²) >= 11 is 1.43. The fourth-order valence-corrected chi connectivity index (χ4v) is 5.25. The highest BCUT2D eigenvalue weighted by Crippen LogP contribution is 2.39. The Bertz CT molecular complexity index is 1420. The number of hydrogen-bond donors (Lipinski definition) is 3. The molecule has 0 aliphatic carbocycles. The van der Waals surface area contributed by atoms with Crippen LogP contribution in [0.25, 0.3) is 21.5 Å². The van der Waals surface area contributed by atoms with Gasteiger partial charge in [0.15, 0.2) is 6.17 Å². The minimum atomic E-state index is -0.546. The molecule has 188 valence electrons. The van der Waals surface area contributed by atoms with Crippen LogP contribution in [0.2, 0.25) is 0 Å². The number of thiophene rings is 1. The van der Waals surface area contributed by atoms with Crippen LogP contribution in [0.4, 0.5) is 15.0 Å². The van der Waals surface area contributed by atoms with E-state index < -0.39 is 12.3 Å². The zero-order valence-corrected chi connectivity index (χ0v) is 20.7. The maximum atomic E-state index is 14.6. The Labute approximate surface area is 210 Å². The fourth-order valence-electron chi connectivity index (χ4n) is 4.18. The number of carbonyl (C=O) groups excluding carboxylic acids is 1. The summed E-state index contributed by atoms with van der Waals surface area (Å²) in [6, 6.07) is 8.71. The summed E-state index contributed by atoms with van der Waals surface area (Å²) < 4.78 is 27.7. The van der Waals surface area contributed by atoms with Crippen LogP contribution in [0.5, 0.6) is 11.5 Å². The quantitative estimate of drug-likeness (QED) is 0.303. The maximum absolute atomic E-state index is 14.6. The number of halogens is 1. The van der Waals surface area contributed by atoms with Gasteiger partial charge in [0.2, 0.25) is 0 Å². The van der Waals surface area contributed by atoms with Crippen LogP contribution in [-0.2, 0) is 11.4 Å². The SMILES string of the molecule is CCOc1cc(-c2cc(NCCn3c(C)cc4c(OC)ccc(F)c43)ncn2)sc1C1NOC(=O)N1. The third-order valence-electron chi connectivity index (χ3n) is 5.78. The van der Waals surface area contributed by atoms with Crippen LogP contribution >= 0.6 is 11.3 Å². The summed E-state index contributed by atoms with van der Waals surface area (Å²) in [6.07, 6.45) is 0.433. The molecule has 0 spiro atoms. The van der Waals surface area contributed by atoms with Crippen molar-refractivity contribution in [1.82, 2.24) is 25.3 Å². The predicted molar refractivity (Wildman–Crippen MR) is 134 cm³/mol. The summed E-state index contributed by atoms with van der Waals surface area (Å²) in [6.45, 7) is 5.36. The third-order valence-corrected chi connectivity index (χ3v) is 6.98. The fraction of sp³-hybridized carbons (Fsp3) is 0.292. The first-order valence-corrected chi connectivity index (χ1v) is 12.2. The largest absolute Gasteiger partial charge is 0.496 e. The van der Waals surface area contributed by atoms with Crippen molar-refractivity contribution < 1.29 is 23.5 Å². The van der Waals surface area contributed by atoms with E-state index in [0.717, 1.165) is 20.8 Å². The molecule has 1 amide bonds. The van der Waals surface area contributed by atoms with Crippen LogP contribution < -0.4 is 25.6 Å². The first-order chi connectivity index (χ1) is 17.5. The Balaban J connectivity index is 1.33. The van der Waals surface area contributed by atoms with Gasteiger partial charge in [-0.05, 0) is 32.0 Å². The number of benzene rings is 1. The molecular formula is C24H25FN6O4S. The topological polar surface area (TPSA) is 112 Å². The number of rotatable bonds is 9. The number of amides is 1. The lowest BCUT2D eigenvalue weighted by molar-refractivity contribution is 0.121. The number of carbonyl (C=O) groups is 1. The first-order valence-electron chi connectivity index (χ1n) is 11.4. The van der Waals surface area contributed by atoms with Crippen molar-refractivity contribution >= 4 is 34.2 Å². The molecule has 1 aliphatic heterocycles. The van der Waals surface area contributed by atoms with Crippen molar-refractivity contribution in [1.29, 1.82) is 0 Å². The second kappa shape index (κ2) is 9.99. The van der Waals surface area contributed by atoms with E-state index in [0.29, 0.717) is 48.2 Å². The Morgan fingerprint density at radius 1 is 1.25 bits per heavy atom.